The van der Waals surface area contributed by atoms with Crippen molar-refractivity contribution in [3.05, 3.63) is 26.1 Å². The van der Waals surface area contributed by atoms with Crippen LogP contribution in [0.4, 0.5) is 5.00 Å². The fourth-order valence-electron chi connectivity index (χ4n) is 0.595. The molecule has 54 valence electrons. The lowest BCUT2D eigenvalue weighted by Crippen LogP contribution is -1.82. The number of nitro groups is 1. The Bertz CT molecular complexity index is 271. The summed E-state index contributed by atoms with van der Waals surface area (Å²) in [6, 6.07) is 1.59. The maximum absolute atomic E-state index is 10.2. The summed E-state index contributed by atoms with van der Waals surface area (Å²) >= 11 is 6.60. The number of hydrogen-bond donors (Lipinski definition) is 0. The zero-order chi connectivity index (χ0) is 7.72. The van der Waals surface area contributed by atoms with E-state index in [2.05, 4.69) is 0 Å². The van der Waals surface area contributed by atoms with Gasteiger partial charge in [-0.1, -0.05) is 22.9 Å². The van der Waals surface area contributed by atoms with Gasteiger partial charge in [0.25, 0.3) is 0 Å². The maximum atomic E-state index is 10.2. The van der Waals surface area contributed by atoms with Crippen molar-refractivity contribution in [2.45, 2.75) is 6.92 Å². The molecule has 0 aliphatic heterocycles. The lowest BCUT2D eigenvalue weighted by atomic mass is 10.5. The summed E-state index contributed by atoms with van der Waals surface area (Å²) in [5.74, 6) is 0. The summed E-state index contributed by atoms with van der Waals surface area (Å²) in [5, 5.41) is 10.4. The number of thiophene rings is 1. The van der Waals surface area contributed by atoms with Crippen molar-refractivity contribution in [3.63, 3.8) is 0 Å². The second-order valence-electron chi connectivity index (χ2n) is 1.77. The van der Waals surface area contributed by atoms with E-state index >= 15 is 0 Å². The van der Waals surface area contributed by atoms with Crippen LogP contribution in [-0.2, 0) is 0 Å². The lowest BCUT2D eigenvalue weighted by Gasteiger charge is -1.81. The van der Waals surface area contributed by atoms with Gasteiger partial charge in [0.1, 0.15) is 5.02 Å². The van der Waals surface area contributed by atoms with Gasteiger partial charge in [-0.25, -0.2) is 0 Å². The van der Waals surface area contributed by atoms with Crippen LogP contribution in [0.15, 0.2) is 6.07 Å². The zero-order valence-corrected chi connectivity index (χ0v) is 6.70. The van der Waals surface area contributed by atoms with E-state index in [-0.39, 0.29) is 10.0 Å². The van der Waals surface area contributed by atoms with Crippen LogP contribution in [0.3, 0.4) is 0 Å². The van der Waals surface area contributed by atoms with Crippen LogP contribution in [0, 0.1) is 17.0 Å². The minimum atomic E-state index is -0.472. The van der Waals surface area contributed by atoms with E-state index in [0.29, 0.717) is 0 Å². The van der Waals surface area contributed by atoms with Gasteiger partial charge in [0.15, 0.2) is 0 Å². The molecule has 3 nitrogen and oxygen atoms in total. The number of hydrogen-bond acceptors (Lipinski definition) is 3. The van der Waals surface area contributed by atoms with E-state index in [1.807, 2.05) is 0 Å². The molecule has 0 bridgehead atoms. The van der Waals surface area contributed by atoms with Gasteiger partial charge in [-0.05, 0) is 13.0 Å². The molecule has 0 amide bonds. The van der Waals surface area contributed by atoms with Crippen LogP contribution >= 0.6 is 22.9 Å². The van der Waals surface area contributed by atoms with E-state index < -0.39 is 4.92 Å². The van der Waals surface area contributed by atoms with Crippen molar-refractivity contribution in [2.75, 3.05) is 0 Å². The number of halogens is 1. The molecule has 1 heterocycles. The fraction of sp³-hybridized carbons (Fsp3) is 0.200. The van der Waals surface area contributed by atoms with Crippen molar-refractivity contribution in [1.29, 1.82) is 0 Å². The molecule has 0 aliphatic carbocycles. The van der Waals surface area contributed by atoms with Crippen LogP contribution in [-0.4, -0.2) is 4.92 Å². The Balaban J connectivity index is 3.15. The number of nitrogens with zero attached hydrogens (tertiary/aromatic N) is 1. The molecule has 0 unspecified atom stereocenters. The molecule has 0 spiro atoms. The second kappa shape index (κ2) is 2.56. The Morgan fingerprint density at radius 1 is 1.80 bits per heavy atom. The van der Waals surface area contributed by atoms with Crippen molar-refractivity contribution >= 4 is 27.9 Å². The highest BCUT2D eigenvalue weighted by Gasteiger charge is 2.14. The van der Waals surface area contributed by atoms with E-state index in [1.165, 1.54) is 0 Å². The van der Waals surface area contributed by atoms with E-state index in [1.54, 1.807) is 13.0 Å². The lowest BCUT2D eigenvalue weighted by molar-refractivity contribution is -0.380. The SMILES string of the molecule is Cc1cc(Cl)c([N+](=O)[O-])s1. The highest BCUT2D eigenvalue weighted by atomic mass is 35.5. The molecule has 0 aromatic carbocycles. The van der Waals surface area contributed by atoms with Gasteiger partial charge < -0.3 is 0 Å². The van der Waals surface area contributed by atoms with E-state index in [4.69, 9.17) is 11.6 Å². The maximum Gasteiger partial charge on any atom is 0.342 e. The van der Waals surface area contributed by atoms with Gasteiger partial charge in [0.05, 0.1) is 4.92 Å². The van der Waals surface area contributed by atoms with Gasteiger partial charge in [0, 0.05) is 4.88 Å². The number of rotatable bonds is 1. The molecular formula is C5H4ClNO2S. The van der Waals surface area contributed by atoms with Crippen LogP contribution < -0.4 is 0 Å². The molecule has 1 aromatic heterocycles. The predicted octanol–water partition coefficient (Wildman–Crippen LogP) is 2.62. The van der Waals surface area contributed by atoms with Gasteiger partial charge in [-0.3, -0.25) is 10.1 Å². The standard InChI is InChI=1S/C5H4ClNO2S/c1-3-2-4(6)5(10-3)7(8)9/h2H,1H3. The third-order valence-corrected chi connectivity index (χ3v) is 2.36. The van der Waals surface area contributed by atoms with Gasteiger partial charge in [-0.15, -0.1) is 0 Å². The smallest absolute Gasteiger partial charge is 0.257 e. The third kappa shape index (κ3) is 1.27. The molecule has 10 heavy (non-hydrogen) atoms. The molecular weight excluding hydrogens is 174 g/mol. The molecule has 0 fully saturated rings. The monoisotopic (exact) mass is 177 g/mol. The Morgan fingerprint density at radius 3 is 2.60 bits per heavy atom. The van der Waals surface area contributed by atoms with Crippen LogP contribution in [0.1, 0.15) is 4.88 Å². The quantitative estimate of drug-likeness (QED) is 0.489. The first-order valence-corrected chi connectivity index (χ1v) is 3.71. The minimum absolute atomic E-state index is 0.0270. The summed E-state index contributed by atoms with van der Waals surface area (Å²) in [4.78, 5) is 10.6. The highest BCUT2D eigenvalue weighted by molar-refractivity contribution is 7.15. The van der Waals surface area contributed by atoms with Crippen molar-refractivity contribution in [3.8, 4) is 0 Å². The fourth-order valence-corrected chi connectivity index (χ4v) is 1.72. The topological polar surface area (TPSA) is 43.1 Å². The molecule has 1 rings (SSSR count). The first kappa shape index (κ1) is 7.50. The molecule has 0 aliphatic rings. The molecule has 0 saturated carbocycles. The first-order chi connectivity index (χ1) is 4.61. The zero-order valence-electron chi connectivity index (χ0n) is 5.13. The van der Waals surface area contributed by atoms with Crippen LogP contribution in [0.5, 0.6) is 0 Å². The summed E-state index contributed by atoms with van der Waals surface area (Å²) in [5.41, 5.74) is 0. The highest BCUT2D eigenvalue weighted by Crippen LogP contribution is 2.33. The Kier molecular flexibility index (Phi) is 1.92. The Hall–Kier alpha value is -0.610. The summed E-state index contributed by atoms with van der Waals surface area (Å²) in [7, 11) is 0. The average molecular weight is 178 g/mol. The third-order valence-electron chi connectivity index (χ3n) is 0.958. The molecule has 0 atom stereocenters. The summed E-state index contributed by atoms with van der Waals surface area (Å²) in [6.45, 7) is 1.78. The molecule has 1 aromatic rings. The largest absolute Gasteiger partial charge is 0.342 e. The van der Waals surface area contributed by atoms with Crippen LogP contribution in [0.2, 0.25) is 5.02 Å². The van der Waals surface area contributed by atoms with Crippen molar-refractivity contribution in [2.24, 2.45) is 0 Å². The van der Waals surface area contributed by atoms with Crippen molar-refractivity contribution in [1.82, 2.24) is 0 Å². The molecule has 0 N–H and O–H groups in total. The molecule has 5 heteroatoms. The van der Waals surface area contributed by atoms with Gasteiger partial charge in [-0.2, -0.15) is 0 Å². The predicted molar refractivity (Wildman–Crippen MR) is 40.7 cm³/mol. The normalized spacial score (nSPS) is 9.80. The Morgan fingerprint density at radius 2 is 2.40 bits per heavy atom. The van der Waals surface area contributed by atoms with E-state index in [9.17, 15) is 10.1 Å². The van der Waals surface area contributed by atoms with Crippen LogP contribution in [0.25, 0.3) is 0 Å². The first-order valence-electron chi connectivity index (χ1n) is 2.51. The number of aryl methyl sites for hydroxylation is 1. The van der Waals surface area contributed by atoms with Gasteiger partial charge in [0.2, 0.25) is 0 Å². The van der Waals surface area contributed by atoms with Gasteiger partial charge >= 0.3 is 5.00 Å². The Labute approximate surface area is 66.4 Å². The summed E-state index contributed by atoms with van der Waals surface area (Å²) < 4.78 is 0. The van der Waals surface area contributed by atoms with E-state index in [0.717, 1.165) is 16.2 Å². The van der Waals surface area contributed by atoms with Crippen molar-refractivity contribution < 1.29 is 4.92 Å². The minimum Gasteiger partial charge on any atom is -0.257 e. The summed E-state index contributed by atoms with van der Waals surface area (Å²) in [6.07, 6.45) is 0. The average Bonchev–Trinajstić information content (AvgIpc) is 2.10. The second-order valence-corrected chi connectivity index (χ2v) is 3.41. The molecule has 0 radical (unpaired) electrons. The molecule has 0 saturated heterocycles.